The second-order valence-electron chi connectivity index (χ2n) is 5.99. The molecule has 0 unspecified atom stereocenters. The number of halogens is 1. The fourth-order valence-corrected chi connectivity index (χ4v) is 4.21. The van der Waals surface area contributed by atoms with Gasteiger partial charge < -0.3 is 4.52 Å². The van der Waals surface area contributed by atoms with Gasteiger partial charge in [0.2, 0.25) is 5.13 Å². The number of hydrogen-bond donors (Lipinski definition) is 1. The minimum absolute atomic E-state index is 0.00119. The van der Waals surface area contributed by atoms with Gasteiger partial charge in [0.25, 0.3) is 5.91 Å². The molecule has 4 rings (SSSR count). The summed E-state index contributed by atoms with van der Waals surface area (Å²) in [6, 6.07) is 17.6. The van der Waals surface area contributed by atoms with Crippen LogP contribution in [0.4, 0.5) is 5.13 Å². The van der Waals surface area contributed by atoms with Crippen molar-refractivity contribution in [1.82, 2.24) is 15.4 Å². The number of ketones is 1. The molecule has 30 heavy (non-hydrogen) atoms. The lowest BCUT2D eigenvalue weighted by molar-refractivity contribution is 0.101. The number of carbonyl (C=O) groups is 2. The second-order valence-corrected chi connectivity index (χ2v) is 8.62. The number of amides is 1. The maximum absolute atomic E-state index is 12.4. The van der Waals surface area contributed by atoms with Crippen LogP contribution in [0.1, 0.15) is 20.8 Å². The number of rotatable bonds is 7. The van der Waals surface area contributed by atoms with Crippen LogP contribution in [0.25, 0.3) is 11.3 Å². The van der Waals surface area contributed by atoms with E-state index < -0.39 is 5.91 Å². The number of Topliss-reactive ketones (excluding diaryl/α,β-unsaturated/α-hetero) is 1. The van der Waals surface area contributed by atoms with Gasteiger partial charge in [0.15, 0.2) is 21.6 Å². The van der Waals surface area contributed by atoms with Gasteiger partial charge in [-0.05, 0) is 24.3 Å². The van der Waals surface area contributed by atoms with E-state index in [1.54, 1.807) is 36.4 Å². The van der Waals surface area contributed by atoms with E-state index in [4.69, 9.17) is 16.1 Å². The zero-order valence-corrected chi connectivity index (χ0v) is 17.6. The van der Waals surface area contributed by atoms with Gasteiger partial charge in [-0.25, -0.2) is 0 Å². The summed E-state index contributed by atoms with van der Waals surface area (Å²) in [5.74, 6) is 0.218. The number of thioether (sulfide) groups is 1. The van der Waals surface area contributed by atoms with E-state index in [9.17, 15) is 9.59 Å². The van der Waals surface area contributed by atoms with Crippen LogP contribution in [-0.4, -0.2) is 32.8 Å². The van der Waals surface area contributed by atoms with Crippen LogP contribution in [0, 0.1) is 0 Å². The lowest BCUT2D eigenvalue weighted by atomic mass is 10.1. The lowest BCUT2D eigenvalue weighted by Gasteiger charge is -1.98. The average molecular weight is 457 g/mol. The summed E-state index contributed by atoms with van der Waals surface area (Å²) >= 11 is 8.33. The van der Waals surface area contributed by atoms with Gasteiger partial charge in [0.1, 0.15) is 0 Å². The van der Waals surface area contributed by atoms with E-state index in [1.807, 2.05) is 18.2 Å². The van der Waals surface area contributed by atoms with Crippen LogP contribution in [-0.2, 0) is 0 Å². The van der Waals surface area contributed by atoms with Crippen molar-refractivity contribution in [2.75, 3.05) is 11.1 Å². The number of aromatic nitrogens is 3. The van der Waals surface area contributed by atoms with Crippen LogP contribution in [0.3, 0.4) is 0 Å². The first-order valence-electron chi connectivity index (χ1n) is 8.67. The first-order valence-corrected chi connectivity index (χ1v) is 10.8. The maximum atomic E-state index is 12.4. The van der Waals surface area contributed by atoms with E-state index in [2.05, 4.69) is 20.7 Å². The molecule has 0 bridgehead atoms. The van der Waals surface area contributed by atoms with Crippen molar-refractivity contribution in [3.05, 3.63) is 76.9 Å². The minimum atomic E-state index is -0.466. The monoisotopic (exact) mass is 456 g/mol. The Morgan fingerprint density at radius 1 is 1.07 bits per heavy atom. The molecule has 0 aliphatic carbocycles. The SMILES string of the molecule is O=C(CSc1nnc(NC(=O)c2cc(-c3ccc(Cl)cc3)on2)s1)c1ccccc1. The topological polar surface area (TPSA) is 98.0 Å². The molecular weight excluding hydrogens is 444 g/mol. The molecule has 0 aliphatic heterocycles. The van der Waals surface area contributed by atoms with E-state index in [-0.39, 0.29) is 17.2 Å². The van der Waals surface area contributed by atoms with Gasteiger partial charge in [0, 0.05) is 22.2 Å². The summed E-state index contributed by atoms with van der Waals surface area (Å²) in [4.78, 5) is 24.6. The fraction of sp³-hybridized carbons (Fsp3) is 0.0500. The van der Waals surface area contributed by atoms with Gasteiger partial charge in [-0.15, -0.1) is 10.2 Å². The van der Waals surface area contributed by atoms with Crippen molar-refractivity contribution in [2.24, 2.45) is 0 Å². The first-order chi connectivity index (χ1) is 14.6. The largest absolute Gasteiger partial charge is 0.355 e. The van der Waals surface area contributed by atoms with E-state index in [0.29, 0.717) is 25.8 Å². The van der Waals surface area contributed by atoms with E-state index in [0.717, 1.165) is 5.56 Å². The quantitative estimate of drug-likeness (QED) is 0.235. The summed E-state index contributed by atoms with van der Waals surface area (Å²) in [6.45, 7) is 0. The predicted octanol–water partition coefficient (Wildman–Crippen LogP) is 5.07. The molecule has 4 aromatic rings. The van der Waals surface area contributed by atoms with Crippen molar-refractivity contribution in [3.8, 4) is 11.3 Å². The van der Waals surface area contributed by atoms with Gasteiger partial charge in [-0.1, -0.05) is 70.2 Å². The Kier molecular flexibility index (Phi) is 6.22. The van der Waals surface area contributed by atoms with Crippen molar-refractivity contribution in [3.63, 3.8) is 0 Å². The van der Waals surface area contributed by atoms with Crippen molar-refractivity contribution in [1.29, 1.82) is 0 Å². The number of benzene rings is 2. The molecule has 0 radical (unpaired) electrons. The molecule has 7 nitrogen and oxygen atoms in total. The van der Waals surface area contributed by atoms with Crippen molar-refractivity contribution < 1.29 is 14.1 Å². The molecule has 10 heteroatoms. The second kappa shape index (κ2) is 9.21. The van der Waals surface area contributed by atoms with Gasteiger partial charge in [-0.3, -0.25) is 14.9 Å². The fourth-order valence-electron chi connectivity index (χ4n) is 2.45. The Labute approximate surface area is 184 Å². The molecule has 0 fully saturated rings. The summed E-state index contributed by atoms with van der Waals surface area (Å²) < 4.78 is 5.81. The third kappa shape index (κ3) is 4.93. The Hall–Kier alpha value is -3.01. The van der Waals surface area contributed by atoms with Crippen LogP contribution >= 0.6 is 34.7 Å². The highest BCUT2D eigenvalue weighted by atomic mass is 35.5. The van der Waals surface area contributed by atoms with Crippen LogP contribution < -0.4 is 5.32 Å². The lowest BCUT2D eigenvalue weighted by Crippen LogP contribution is -2.11. The molecule has 0 atom stereocenters. The number of nitrogens with zero attached hydrogens (tertiary/aromatic N) is 3. The molecule has 0 saturated heterocycles. The van der Waals surface area contributed by atoms with Crippen LogP contribution in [0.5, 0.6) is 0 Å². The average Bonchev–Trinajstić information content (AvgIpc) is 3.43. The predicted molar refractivity (Wildman–Crippen MR) is 116 cm³/mol. The maximum Gasteiger partial charge on any atom is 0.279 e. The highest BCUT2D eigenvalue weighted by Gasteiger charge is 2.16. The highest BCUT2D eigenvalue weighted by Crippen LogP contribution is 2.27. The van der Waals surface area contributed by atoms with E-state index in [1.165, 1.54) is 29.2 Å². The molecule has 1 N–H and O–H groups in total. The number of hydrogen-bond acceptors (Lipinski definition) is 8. The Morgan fingerprint density at radius 2 is 1.83 bits per heavy atom. The molecule has 0 spiro atoms. The van der Waals surface area contributed by atoms with Crippen LogP contribution in [0.2, 0.25) is 5.02 Å². The Balaban J connectivity index is 1.35. The van der Waals surface area contributed by atoms with E-state index >= 15 is 0 Å². The van der Waals surface area contributed by atoms with Crippen LogP contribution in [0.15, 0.2) is 69.5 Å². The normalized spacial score (nSPS) is 10.7. The molecule has 2 heterocycles. The summed E-state index contributed by atoms with van der Waals surface area (Å²) in [5.41, 5.74) is 1.51. The minimum Gasteiger partial charge on any atom is -0.355 e. The smallest absolute Gasteiger partial charge is 0.279 e. The summed E-state index contributed by atoms with van der Waals surface area (Å²) in [7, 11) is 0. The molecule has 2 aromatic heterocycles. The summed E-state index contributed by atoms with van der Waals surface area (Å²) in [5, 5.41) is 15.3. The van der Waals surface area contributed by atoms with Crippen molar-refractivity contribution >= 4 is 51.5 Å². The third-order valence-electron chi connectivity index (χ3n) is 3.92. The first kappa shape index (κ1) is 20.3. The molecule has 2 aromatic carbocycles. The summed E-state index contributed by atoms with van der Waals surface area (Å²) in [6.07, 6.45) is 0. The zero-order chi connectivity index (χ0) is 20.9. The molecule has 0 saturated carbocycles. The molecule has 1 amide bonds. The van der Waals surface area contributed by atoms with Gasteiger partial charge in [0.05, 0.1) is 5.75 Å². The zero-order valence-electron chi connectivity index (χ0n) is 15.2. The van der Waals surface area contributed by atoms with Crippen molar-refractivity contribution in [2.45, 2.75) is 4.34 Å². The van der Waals surface area contributed by atoms with Gasteiger partial charge >= 0.3 is 0 Å². The van der Waals surface area contributed by atoms with Gasteiger partial charge in [-0.2, -0.15) is 0 Å². The standard InChI is InChI=1S/C20H13ClN4O3S2/c21-14-8-6-13(7-9-14)17-10-15(25-28-17)18(27)22-19-23-24-20(30-19)29-11-16(26)12-4-2-1-3-5-12/h1-10H,11H2,(H,22,23,27). The molecule has 150 valence electrons. The Morgan fingerprint density at radius 3 is 2.60 bits per heavy atom. The number of carbonyl (C=O) groups excluding carboxylic acids is 2. The number of anilines is 1. The third-order valence-corrected chi connectivity index (χ3v) is 6.14. The number of nitrogens with one attached hydrogen (secondary N) is 1. The Bertz CT molecular complexity index is 1180. The highest BCUT2D eigenvalue weighted by molar-refractivity contribution is 8.01. The molecule has 0 aliphatic rings. The molecular formula is C20H13ClN4O3S2.